The number of β-lactam (4-membered cyclic amide) rings is 1. The molecular formula is C21H23NO3. The predicted molar refractivity (Wildman–Crippen MR) is 95.6 cm³/mol. The van der Waals surface area contributed by atoms with Crippen LogP contribution in [-0.2, 0) is 19.9 Å². The van der Waals surface area contributed by atoms with Gasteiger partial charge in [0.1, 0.15) is 0 Å². The van der Waals surface area contributed by atoms with Crippen molar-refractivity contribution >= 4 is 11.9 Å². The van der Waals surface area contributed by atoms with Crippen LogP contribution in [0.1, 0.15) is 37.9 Å². The number of ether oxygens (including phenoxy) is 1. The maximum atomic E-state index is 12.9. The lowest BCUT2D eigenvalue weighted by Crippen LogP contribution is -2.70. The molecule has 25 heavy (non-hydrogen) atoms. The number of carbonyl (C=O) groups excluding carboxylic acids is 2. The summed E-state index contributed by atoms with van der Waals surface area (Å²) in [6.45, 7) is 5.97. The van der Waals surface area contributed by atoms with Gasteiger partial charge in [-0.2, -0.15) is 0 Å². The highest BCUT2D eigenvalue weighted by Gasteiger charge is 2.63. The highest BCUT2D eigenvalue weighted by Crippen LogP contribution is 2.51. The second-order valence-corrected chi connectivity index (χ2v) is 6.49. The molecule has 4 nitrogen and oxygen atoms in total. The van der Waals surface area contributed by atoms with E-state index in [4.69, 9.17) is 4.74 Å². The van der Waals surface area contributed by atoms with E-state index in [2.05, 4.69) is 0 Å². The molecule has 0 radical (unpaired) electrons. The largest absolute Gasteiger partial charge is 0.465 e. The molecule has 1 saturated heterocycles. The molecule has 1 fully saturated rings. The van der Waals surface area contributed by atoms with E-state index in [-0.39, 0.29) is 18.6 Å². The predicted octanol–water partition coefficient (Wildman–Crippen LogP) is 3.68. The minimum Gasteiger partial charge on any atom is -0.465 e. The zero-order valence-electron chi connectivity index (χ0n) is 14.8. The monoisotopic (exact) mass is 337 g/mol. The van der Waals surface area contributed by atoms with Gasteiger partial charge in [0.2, 0.25) is 5.91 Å². The number of benzene rings is 2. The SMILES string of the molecule is CCOC(=O)[C@H]1C(=O)N([C@@H](C)c2ccccc2)[C@@]1(C)c1ccccc1. The van der Waals surface area contributed by atoms with Crippen molar-refractivity contribution in [1.29, 1.82) is 0 Å². The van der Waals surface area contributed by atoms with Crippen molar-refractivity contribution in [3.63, 3.8) is 0 Å². The molecule has 2 aromatic carbocycles. The van der Waals surface area contributed by atoms with Gasteiger partial charge in [0, 0.05) is 0 Å². The summed E-state index contributed by atoms with van der Waals surface area (Å²) in [4.78, 5) is 27.2. The van der Waals surface area contributed by atoms with E-state index in [9.17, 15) is 9.59 Å². The summed E-state index contributed by atoms with van der Waals surface area (Å²) in [6.07, 6.45) is 0. The Labute approximate surface area is 148 Å². The molecule has 0 bridgehead atoms. The fraction of sp³-hybridized carbons (Fsp3) is 0.333. The van der Waals surface area contributed by atoms with Crippen LogP contribution in [0.15, 0.2) is 60.7 Å². The van der Waals surface area contributed by atoms with Crippen LogP contribution < -0.4 is 0 Å². The summed E-state index contributed by atoms with van der Waals surface area (Å²) in [7, 11) is 0. The Morgan fingerprint density at radius 1 is 1.12 bits per heavy atom. The zero-order chi connectivity index (χ0) is 18.0. The summed E-state index contributed by atoms with van der Waals surface area (Å²) in [5.41, 5.74) is 1.26. The fourth-order valence-corrected chi connectivity index (χ4v) is 3.79. The standard InChI is InChI=1S/C21H23NO3/c1-4-25-20(24)18-19(23)22(15(2)16-11-7-5-8-12-16)21(18,3)17-13-9-6-10-14-17/h5-15,18H,4H2,1-3H3/t15-,18+,21-/m0/s1. The summed E-state index contributed by atoms with van der Waals surface area (Å²) >= 11 is 0. The quantitative estimate of drug-likeness (QED) is 0.475. The van der Waals surface area contributed by atoms with Crippen molar-refractivity contribution in [2.45, 2.75) is 32.4 Å². The number of rotatable bonds is 5. The Hall–Kier alpha value is -2.62. The molecule has 4 heteroatoms. The Balaban J connectivity index is 2.03. The van der Waals surface area contributed by atoms with E-state index in [0.717, 1.165) is 11.1 Å². The van der Waals surface area contributed by atoms with Gasteiger partial charge in [0.15, 0.2) is 5.92 Å². The van der Waals surface area contributed by atoms with E-state index >= 15 is 0 Å². The normalized spacial score (nSPS) is 23.7. The van der Waals surface area contributed by atoms with Crippen LogP contribution >= 0.6 is 0 Å². The minimum atomic E-state index is -0.805. The highest BCUT2D eigenvalue weighted by molar-refractivity contribution is 6.05. The van der Waals surface area contributed by atoms with Gasteiger partial charge in [-0.3, -0.25) is 9.59 Å². The van der Waals surface area contributed by atoms with Gasteiger partial charge < -0.3 is 9.64 Å². The van der Waals surface area contributed by atoms with Gasteiger partial charge >= 0.3 is 5.97 Å². The maximum absolute atomic E-state index is 12.9. The second-order valence-electron chi connectivity index (χ2n) is 6.49. The van der Waals surface area contributed by atoms with E-state index in [1.54, 1.807) is 11.8 Å². The molecule has 1 aliphatic heterocycles. The average molecular weight is 337 g/mol. The molecule has 1 aliphatic rings. The molecule has 0 spiro atoms. The van der Waals surface area contributed by atoms with Crippen LogP contribution in [0.25, 0.3) is 0 Å². The van der Waals surface area contributed by atoms with Crippen molar-refractivity contribution in [2.75, 3.05) is 6.61 Å². The fourth-order valence-electron chi connectivity index (χ4n) is 3.79. The molecule has 1 heterocycles. The molecule has 3 atom stereocenters. The summed E-state index contributed by atoms with van der Waals surface area (Å²) < 4.78 is 5.18. The Morgan fingerprint density at radius 2 is 1.68 bits per heavy atom. The van der Waals surface area contributed by atoms with Crippen molar-refractivity contribution < 1.29 is 14.3 Å². The van der Waals surface area contributed by atoms with Crippen LogP contribution in [-0.4, -0.2) is 23.4 Å². The first-order valence-corrected chi connectivity index (χ1v) is 8.62. The molecule has 1 amide bonds. The van der Waals surface area contributed by atoms with Crippen molar-refractivity contribution in [3.05, 3.63) is 71.8 Å². The molecule has 0 saturated carbocycles. The molecule has 130 valence electrons. The van der Waals surface area contributed by atoms with Crippen molar-refractivity contribution in [3.8, 4) is 0 Å². The van der Waals surface area contributed by atoms with Gasteiger partial charge in [-0.1, -0.05) is 60.7 Å². The van der Waals surface area contributed by atoms with Crippen molar-refractivity contribution in [1.82, 2.24) is 4.90 Å². The van der Waals surface area contributed by atoms with E-state index < -0.39 is 17.4 Å². The summed E-state index contributed by atoms with van der Waals surface area (Å²) in [5.74, 6) is -1.43. The third kappa shape index (κ3) is 2.72. The molecule has 0 aliphatic carbocycles. The van der Waals surface area contributed by atoms with E-state index in [1.807, 2.05) is 74.5 Å². The van der Waals surface area contributed by atoms with Gasteiger partial charge in [-0.15, -0.1) is 0 Å². The Kier molecular flexibility index (Phi) is 4.62. The molecular weight excluding hydrogens is 314 g/mol. The van der Waals surface area contributed by atoms with Gasteiger partial charge in [0.25, 0.3) is 0 Å². The number of esters is 1. The third-order valence-electron chi connectivity index (χ3n) is 5.10. The van der Waals surface area contributed by atoms with Gasteiger partial charge in [0.05, 0.1) is 18.2 Å². The van der Waals surface area contributed by atoms with Crippen LogP contribution in [0, 0.1) is 5.92 Å². The molecule has 2 aromatic rings. The van der Waals surface area contributed by atoms with Gasteiger partial charge in [-0.25, -0.2) is 0 Å². The van der Waals surface area contributed by atoms with Crippen LogP contribution in [0.5, 0.6) is 0 Å². The van der Waals surface area contributed by atoms with E-state index in [0.29, 0.717) is 0 Å². The molecule has 0 unspecified atom stereocenters. The van der Waals surface area contributed by atoms with Crippen LogP contribution in [0.3, 0.4) is 0 Å². The average Bonchev–Trinajstić information content (AvgIpc) is 2.63. The number of hydrogen-bond donors (Lipinski definition) is 0. The van der Waals surface area contributed by atoms with Crippen LogP contribution in [0.4, 0.5) is 0 Å². The minimum absolute atomic E-state index is 0.135. The summed E-state index contributed by atoms with van der Waals surface area (Å²) in [5, 5.41) is 0. The number of likely N-dealkylation sites (tertiary alicyclic amines) is 1. The van der Waals surface area contributed by atoms with Crippen LogP contribution in [0.2, 0.25) is 0 Å². The second kappa shape index (κ2) is 6.71. The maximum Gasteiger partial charge on any atom is 0.321 e. The first-order valence-electron chi connectivity index (χ1n) is 8.62. The molecule has 3 rings (SSSR count). The lowest BCUT2D eigenvalue weighted by Gasteiger charge is -2.57. The smallest absolute Gasteiger partial charge is 0.321 e. The van der Waals surface area contributed by atoms with Gasteiger partial charge in [-0.05, 0) is 31.9 Å². The lowest BCUT2D eigenvalue weighted by atomic mass is 9.68. The van der Waals surface area contributed by atoms with Crippen molar-refractivity contribution in [2.24, 2.45) is 5.92 Å². The highest BCUT2D eigenvalue weighted by atomic mass is 16.5. The molecule has 0 aromatic heterocycles. The zero-order valence-corrected chi connectivity index (χ0v) is 14.8. The Bertz CT molecular complexity index is 759. The lowest BCUT2D eigenvalue weighted by molar-refractivity contribution is -0.190. The number of amides is 1. The number of hydrogen-bond acceptors (Lipinski definition) is 3. The first kappa shape index (κ1) is 17.2. The number of nitrogens with zero attached hydrogens (tertiary/aromatic N) is 1. The summed E-state index contributed by atoms with van der Waals surface area (Å²) in [6, 6.07) is 19.4. The molecule has 0 N–H and O–H groups in total. The van der Waals surface area contributed by atoms with E-state index in [1.165, 1.54) is 0 Å². The third-order valence-corrected chi connectivity index (χ3v) is 5.10. The Morgan fingerprint density at radius 3 is 2.24 bits per heavy atom. The number of carbonyl (C=O) groups is 2. The first-order chi connectivity index (χ1) is 12.0. The topological polar surface area (TPSA) is 46.6 Å².